The Balaban J connectivity index is 2.59. The number of amides is 1. The first kappa shape index (κ1) is 12.0. The Morgan fingerprint density at radius 1 is 1.35 bits per heavy atom. The Bertz CT molecular complexity index is 583. The van der Waals surface area contributed by atoms with Gasteiger partial charge in [0.15, 0.2) is 0 Å². The molecular formula is C12H10INO3. The van der Waals surface area contributed by atoms with Gasteiger partial charge in [-0.3, -0.25) is 5.32 Å². The molecule has 0 aromatic heterocycles. The summed E-state index contributed by atoms with van der Waals surface area (Å²) in [5.41, 5.74) is 0.582. The number of benzene rings is 2. The first-order valence-corrected chi connectivity index (χ1v) is 5.96. The van der Waals surface area contributed by atoms with E-state index in [4.69, 9.17) is 9.84 Å². The number of halogens is 1. The highest BCUT2D eigenvalue weighted by Crippen LogP contribution is 2.30. The third-order valence-electron chi connectivity index (χ3n) is 2.40. The average Bonchev–Trinajstić information content (AvgIpc) is 2.32. The number of ether oxygens (including phenoxy) is 1. The Morgan fingerprint density at radius 3 is 2.71 bits per heavy atom. The van der Waals surface area contributed by atoms with Crippen LogP contribution in [0.1, 0.15) is 0 Å². The molecule has 88 valence electrons. The van der Waals surface area contributed by atoms with Crippen molar-refractivity contribution >= 4 is 45.1 Å². The lowest BCUT2D eigenvalue weighted by atomic mass is 10.1. The fourth-order valence-corrected chi connectivity index (χ4v) is 2.38. The van der Waals surface area contributed by atoms with Crippen LogP contribution in [0.5, 0.6) is 5.75 Å². The minimum atomic E-state index is -1.06. The number of rotatable bonds is 2. The third kappa shape index (κ3) is 2.44. The lowest BCUT2D eigenvalue weighted by Gasteiger charge is -2.09. The third-order valence-corrected chi connectivity index (χ3v) is 3.57. The number of carbonyl (C=O) groups is 1. The van der Waals surface area contributed by atoms with E-state index in [-0.39, 0.29) is 0 Å². The molecule has 2 aromatic carbocycles. The Kier molecular flexibility index (Phi) is 3.37. The summed E-state index contributed by atoms with van der Waals surface area (Å²) in [6.07, 6.45) is -1.06. The summed E-state index contributed by atoms with van der Waals surface area (Å²) in [6.45, 7) is 0. The van der Waals surface area contributed by atoms with E-state index in [0.29, 0.717) is 5.69 Å². The molecule has 0 unspecified atom stereocenters. The van der Waals surface area contributed by atoms with Crippen LogP contribution in [0.4, 0.5) is 10.5 Å². The number of anilines is 1. The highest BCUT2D eigenvalue weighted by atomic mass is 127. The van der Waals surface area contributed by atoms with Gasteiger partial charge in [0.1, 0.15) is 5.75 Å². The first-order chi connectivity index (χ1) is 8.11. The molecule has 0 heterocycles. The van der Waals surface area contributed by atoms with E-state index in [1.165, 1.54) is 0 Å². The van der Waals surface area contributed by atoms with Gasteiger partial charge in [-0.15, -0.1) is 0 Å². The fraction of sp³-hybridized carbons (Fsp3) is 0.0833. The zero-order valence-electron chi connectivity index (χ0n) is 9.03. The summed E-state index contributed by atoms with van der Waals surface area (Å²) >= 11 is 2.12. The molecule has 2 rings (SSSR count). The minimum absolute atomic E-state index is 0.582. The van der Waals surface area contributed by atoms with Crippen LogP contribution in [0.15, 0.2) is 30.3 Å². The largest absolute Gasteiger partial charge is 0.497 e. The second-order valence-corrected chi connectivity index (χ2v) is 4.52. The maximum absolute atomic E-state index is 10.6. The van der Waals surface area contributed by atoms with Gasteiger partial charge in [0.05, 0.1) is 12.8 Å². The summed E-state index contributed by atoms with van der Waals surface area (Å²) in [6, 6.07) is 9.35. The van der Waals surface area contributed by atoms with Gasteiger partial charge in [-0.05, 0) is 46.2 Å². The monoisotopic (exact) mass is 343 g/mol. The van der Waals surface area contributed by atoms with Crippen molar-refractivity contribution in [3.8, 4) is 5.75 Å². The highest BCUT2D eigenvalue weighted by molar-refractivity contribution is 14.1. The zero-order valence-corrected chi connectivity index (χ0v) is 11.2. The van der Waals surface area contributed by atoms with Crippen molar-refractivity contribution in [3.05, 3.63) is 33.9 Å². The minimum Gasteiger partial charge on any atom is -0.497 e. The fourth-order valence-electron chi connectivity index (χ4n) is 1.60. The lowest BCUT2D eigenvalue weighted by molar-refractivity contribution is 0.209. The SMILES string of the molecule is COc1ccc2ccc(NC(=O)O)c(I)c2c1. The standard InChI is InChI=1S/C12H10INO3/c1-17-8-4-2-7-3-5-10(14-12(15)16)11(13)9(7)6-8/h2-6,14H,1H3,(H,15,16). The van der Waals surface area contributed by atoms with E-state index in [0.717, 1.165) is 20.1 Å². The number of carboxylic acid groups (broad SMARTS) is 1. The predicted octanol–water partition coefficient (Wildman–Crippen LogP) is 3.54. The Labute approximate surface area is 112 Å². The molecule has 0 atom stereocenters. The molecule has 5 heteroatoms. The lowest BCUT2D eigenvalue weighted by Crippen LogP contribution is -2.08. The molecule has 0 fully saturated rings. The van der Waals surface area contributed by atoms with E-state index in [9.17, 15) is 4.79 Å². The number of fused-ring (bicyclic) bond motifs is 1. The molecule has 0 spiro atoms. The van der Waals surface area contributed by atoms with Crippen molar-refractivity contribution in [2.24, 2.45) is 0 Å². The highest BCUT2D eigenvalue weighted by Gasteiger charge is 2.08. The van der Waals surface area contributed by atoms with Crippen molar-refractivity contribution in [1.82, 2.24) is 0 Å². The van der Waals surface area contributed by atoms with Gasteiger partial charge in [-0.2, -0.15) is 0 Å². The van der Waals surface area contributed by atoms with E-state index in [1.807, 2.05) is 24.3 Å². The van der Waals surface area contributed by atoms with Crippen LogP contribution < -0.4 is 10.1 Å². The van der Waals surface area contributed by atoms with Crippen LogP contribution >= 0.6 is 22.6 Å². The molecule has 0 aliphatic rings. The second-order valence-electron chi connectivity index (χ2n) is 3.44. The van der Waals surface area contributed by atoms with Gasteiger partial charge in [0.25, 0.3) is 0 Å². The molecular weight excluding hydrogens is 333 g/mol. The van der Waals surface area contributed by atoms with Crippen LogP contribution in [0.3, 0.4) is 0 Å². The maximum Gasteiger partial charge on any atom is 0.409 e. The summed E-state index contributed by atoms with van der Waals surface area (Å²) in [5, 5.41) is 13.1. The number of methoxy groups -OCH3 is 1. The topological polar surface area (TPSA) is 58.6 Å². The second kappa shape index (κ2) is 4.79. The normalized spacial score (nSPS) is 10.2. The van der Waals surface area contributed by atoms with Crippen LogP contribution in [0.2, 0.25) is 0 Å². The summed E-state index contributed by atoms with van der Waals surface area (Å²) < 4.78 is 6.02. The first-order valence-electron chi connectivity index (χ1n) is 4.88. The molecule has 0 saturated carbocycles. The molecule has 1 amide bonds. The van der Waals surface area contributed by atoms with Crippen LogP contribution in [-0.4, -0.2) is 18.3 Å². The van der Waals surface area contributed by atoms with Gasteiger partial charge >= 0.3 is 6.09 Å². The van der Waals surface area contributed by atoms with Crippen molar-refractivity contribution < 1.29 is 14.6 Å². The maximum atomic E-state index is 10.6. The van der Waals surface area contributed by atoms with Gasteiger partial charge in [0, 0.05) is 8.96 Å². The summed E-state index contributed by atoms with van der Waals surface area (Å²) in [4.78, 5) is 10.6. The molecule has 0 saturated heterocycles. The van der Waals surface area contributed by atoms with Crippen LogP contribution in [0.25, 0.3) is 10.8 Å². The Morgan fingerprint density at radius 2 is 2.06 bits per heavy atom. The van der Waals surface area contributed by atoms with Gasteiger partial charge in [-0.25, -0.2) is 4.79 Å². The smallest absolute Gasteiger partial charge is 0.409 e. The quantitative estimate of drug-likeness (QED) is 0.820. The van der Waals surface area contributed by atoms with Crippen molar-refractivity contribution in [2.75, 3.05) is 12.4 Å². The van der Waals surface area contributed by atoms with Gasteiger partial charge in [-0.1, -0.05) is 12.1 Å². The number of nitrogens with one attached hydrogen (secondary N) is 1. The molecule has 2 N–H and O–H groups in total. The molecule has 4 nitrogen and oxygen atoms in total. The van der Waals surface area contributed by atoms with E-state index in [1.54, 1.807) is 13.2 Å². The zero-order chi connectivity index (χ0) is 12.4. The van der Waals surface area contributed by atoms with Crippen LogP contribution in [-0.2, 0) is 0 Å². The Hall–Kier alpha value is -1.50. The van der Waals surface area contributed by atoms with Crippen LogP contribution in [0, 0.1) is 3.57 Å². The van der Waals surface area contributed by atoms with Gasteiger partial charge < -0.3 is 9.84 Å². The molecule has 2 aromatic rings. The number of hydrogen-bond acceptors (Lipinski definition) is 2. The molecule has 0 bridgehead atoms. The van der Waals surface area contributed by atoms with Crippen molar-refractivity contribution in [2.45, 2.75) is 0 Å². The van der Waals surface area contributed by atoms with E-state index in [2.05, 4.69) is 27.9 Å². The molecule has 0 radical (unpaired) electrons. The van der Waals surface area contributed by atoms with E-state index >= 15 is 0 Å². The van der Waals surface area contributed by atoms with E-state index < -0.39 is 6.09 Å². The molecule has 0 aliphatic carbocycles. The van der Waals surface area contributed by atoms with Gasteiger partial charge in [0.2, 0.25) is 0 Å². The predicted molar refractivity (Wildman–Crippen MR) is 74.9 cm³/mol. The van der Waals surface area contributed by atoms with Crippen molar-refractivity contribution in [1.29, 1.82) is 0 Å². The molecule has 17 heavy (non-hydrogen) atoms. The van der Waals surface area contributed by atoms with Crippen molar-refractivity contribution in [3.63, 3.8) is 0 Å². The average molecular weight is 343 g/mol. The number of hydrogen-bond donors (Lipinski definition) is 2. The summed E-state index contributed by atoms with van der Waals surface area (Å²) in [7, 11) is 1.60. The molecule has 0 aliphatic heterocycles. The summed E-state index contributed by atoms with van der Waals surface area (Å²) in [5.74, 6) is 0.753.